The van der Waals surface area contributed by atoms with E-state index in [1.54, 1.807) is 6.20 Å². The first-order valence-corrected chi connectivity index (χ1v) is 10.6. The number of nitrogens with zero attached hydrogens (tertiary/aromatic N) is 4. The number of amides is 1. The Hall–Kier alpha value is -2.88. The van der Waals surface area contributed by atoms with Crippen LogP contribution in [0.3, 0.4) is 0 Å². The summed E-state index contributed by atoms with van der Waals surface area (Å²) in [4.78, 5) is 23.1. The molecule has 0 radical (unpaired) electrons. The minimum absolute atomic E-state index is 0. The number of guanidine groups is 1. The van der Waals surface area contributed by atoms with Gasteiger partial charge < -0.3 is 20.1 Å². The molecular weight excluding hydrogens is 515 g/mol. The number of rotatable bonds is 7. The van der Waals surface area contributed by atoms with E-state index < -0.39 is 0 Å². The monoisotopic (exact) mass is 544 g/mol. The highest BCUT2D eigenvalue weighted by atomic mass is 127. The number of anilines is 1. The number of imidazole rings is 1. The van der Waals surface area contributed by atoms with E-state index in [-0.39, 0.29) is 35.9 Å². The van der Waals surface area contributed by atoms with E-state index >= 15 is 0 Å². The Morgan fingerprint density at radius 2 is 1.88 bits per heavy atom. The molecule has 1 amide bonds. The van der Waals surface area contributed by atoms with Gasteiger partial charge in [-0.05, 0) is 30.2 Å². The van der Waals surface area contributed by atoms with Crippen LogP contribution in [0.25, 0.3) is 0 Å². The van der Waals surface area contributed by atoms with E-state index in [4.69, 9.17) is 4.99 Å². The van der Waals surface area contributed by atoms with Crippen molar-refractivity contribution in [1.82, 2.24) is 20.2 Å². The van der Waals surface area contributed by atoms with Gasteiger partial charge in [-0.15, -0.1) is 24.0 Å². The van der Waals surface area contributed by atoms with Gasteiger partial charge in [-0.3, -0.25) is 4.79 Å². The number of hydrogen-bond acceptors (Lipinski definition) is 3. The van der Waals surface area contributed by atoms with Gasteiger partial charge in [0.25, 0.3) is 0 Å². The number of hydrogen-bond donors (Lipinski definition) is 2. The predicted molar refractivity (Wildman–Crippen MR) is 138 cm³/mol. The van der Waals surface area contributed by atoms with Crippen LogP contribution < -0.4 is 15.5 Å². The van der Waals surface area contributed by atoms with Crippen LogP contribution in [0.15, 0.2) is 78.3 Å². The van der Waals surface area contributed by atoms with Crippen molar-refractivity contribution in [1.29, 1.82) is 0 Å². The van der Waals surface area contributed by atoms with E-state index in [2.05, 4.69) is 39.9 Å². The molecule has 3 aromatic rings. The molecule has 2 heterocycles. The van der Waals surface area contributed by atoms with Gasteiger partial charge in [0.2, 0.25) is 5.91 Å². The summed E-state index contributed by atoms with van der Waals surface area (Å²) >= 11 is 0. The van der Waals surface area contributed by atoms with Crippen molar-refractivity contribution in [3.8, 4) is 0 Å². The smallest absolute Gasteiger partial charge is 0.229 e. The molecule has 1 fully saturated rings. The van der Waals surface area contributed by atoms with E-state index in [1.165, 1.54) is 5.56 Å². The number of aliphatic imine (C=N–C) groups is 1. The molecule has 32 heavy (non-hydrogen) atoms. The van der Waals surface area contributed by atoms with Crippen LogP contribution in [0.1, 0.15) is 24.5 Å². The van der Waals surface area contributed by atoms with E-state index in [1.807, 2.05) is 59.2 Å². The highest BCUT2D eigenvalue weighted by molar-refractivity contribution is 14.0. The lowest BCUT2D eigenvalue weighted by atomic mass is 10.1. The third kappa shape index (κ3) is 6.32. The SMILES string of the molecule is CCNC(=NCc1ccc(Cn2ccnc2)cc1)NC1CC(=O)N(c2ccccc2)C1.I. The Labute approximate surface area is 206 Å². The van der Waals surface area contributed by atoms with Crippen molar-refractivity contribution < 1.29 is 4.79 Å². The molecule has 1 aromatic heterocycles. The number of para-hydroxylation sites is 1. The number of benzene rings is 2. The van der Waals surface area contributed by atoms with Gasteiger partial charge >= 0.3 is 0 Å². The Bertz CT molecular complexity index is 1000. The number of halogens is 1. The van der Waals surface area contributed by atoms with Crippen LogP contribution in [0.5, 0.6) is 0 Å². The average Bonchev–Trinajstić information content (AvgIpc) is 3.43. The standard InChI is InChI=1S/C24H28N6O.HI/c1-2-26-24(28-21-14-23(31)30(17-21)22-6-4-3-5-7-22)27-15-19-8-10-20(11-9-19)16-29-13-12-25-18-29;/h3-13,18,21H,2,14-17H2,1H3,(H2,26,27,28);1H. The number of carbonyl (C=O) groups is 1. The predicted octanol–water partition coefficient (Wildman–Crippen LogP) is 3.41. The summed E-state index contributed by atoms with van der Waals surface area (Å²) < 4.78 is 2.04. The third-order valence-corrected chi connectivity index (χ3v) is 5.25. The zero-order valence-corrected chi connectivity index (χ0v) is 20.5. The lowest BCUT2D eigenvalue weighted by molar-refractivity contribution is -0.117. The first-order chi connectivity index (χ1) is 15.2. The second kappa shape index (κ2) is 11.7. The summed E-state index contributed by atoms with van der Waals surface area (Å²) in [5, 5.41) is 6.71. The average molecular weight is 544 g/mol. The molecule has 0 spiro atoms. The maximum absolute atomic E-state index is 12.5. The number of nitrogens with one attached hydrogen (secondary N) is 2. The third-order valence-electron chi connectivity index (χ3n) is 5.25. The lowest BCUT2D eigenvalue weighted by Gasteiger charge is -2.19. The molecule has 0 saturated carbocycles. The molecule has 8 heteroatoms. The molecule has 4 rings (SSSR count). The van der Waals surface area contributed by atoms with Gasteiger partial charge in [0.15, 0.2) is 5.96 Å². The fraction of sp³-hybridized carbons (Fsp3) is 0.292. The van der Waals surface area contributed by atoms with E-state index in [0.717, 1.165) is 30.3 Å². The summed E-state index contributed by atoms with van der Waals surface area (Å²) in [6.07, 6.45) is 6.02. The Morgan fingerprint density at radius 3 is 2.56 bits per heavy atom. The fourth-order valence-corrected chi connectivity index (χ4v) is 3.69. The zero-order valence-electron chi connectivity index (χ0n) is 18.1. The minimum atomic E-state index is 0. The summed E-state index contributed by atoms with van der Waals surface area (Å²) in [6, 6.07) is 18.3. The van der Waals surface area contributed by atoms with Crippen LogP contribution >= 0.6 is 24.0 Å². The van der Waals surface area contributed by atoms with Gasteiger partial charge in [-0.1, -0.05) is 42.5 Å². The largest absolute Gasteiger partial charge is 0.357 e. The van der Waals surface area contributed by atoms with Gasteiger partial charge in [-0.25, -0.2) is 9.98 Å². The molecule has 1 saturated heterocycles. The van der Waals surface area contributed by atoms with E-state index in [0.29, 0.717) is 19.5 Å². The summed E-state index contributed by atoms with van der Waals surface area (Å²) in [6.45, 7) is 4.82. The van der Waals surface area contributed by atoms with E-state index in [9.17, 15) is 4.79 Å². The Balaban J connectivity index is 0.00000289. The van der Waals surface area contributed by atoms with Crippen LogP contribution in [0.2, 0.25) is 0 Å². The summed E-state index contributed by atoms with van der Waals surface area (Å²) in [5.41, 5.74) is 3.30. The van der Waals surface area contributed by atoms with Gasteiger partial charge in [0, 0.05) is 44.1 Å². The van der Waals surface area contributed by atoms with Gasteiger partial charge in [0.1, 0.15) is 0 Å². The molecule has 1 unspecified atom stereocenters. The molecule has 2 N–H and O–H groups in total. The second-order valence-electron chi connectivity index (χ2n) is 7.63. The molecule has 1 aliphatic heterocycles. The van der Waals surface area contributed by atoms with Crippen molar-refractivity contribution in [3.63, 3.8) is 0 Å². The maximum atomic E-state index is 12.5. The van der Waals surface area contributed by atoms with Crippen LogP contribution in [0.4, 0.5) is 5.69 Å². The topological polar surface area (TPSA) is 74.5 Å². The Morgan fingerprint density at radius 1 is 1.12 bits per heavy atom. The summed E-state index contributed by atoms with van der Waals surface area (Å²) in [5.74, 6) is 0.866. The van der Waals surface area contributed by atoms with Gasteiger partial charge in [0.05, 0.1) is 18.9 Å². The molecule has 7 nitrogen and oxygen atoms in total. The molecular formula is C24H29IN6O. The number of carbonyl (C=O) groups excluding carboxylic acids is 1. The highest BCUT2D eigenvalue weighted by Crippen LogP contribution is 2.21. The first-order valence-electron chi connectivity index (χ1n) is 10.6. The van der Waals surface area contributed by atoms with Crippen molar-refractivity contribution in [2.24, 2.45) is 4.99 Å². The van der Waals surface area contributed by atoms with Crippen molar-refractivity contribution in [2.75, 3.05) is 18.0 Å². The maximum Gasteiger partial charge on any atom is 0.229 e. The number of aromatic nitrogens is 2. The van der Waals surface area contributed by atoms with Crippen LogP contribution in [-0.2, 0) is 17.9 Å². The fourth-order valence-electron chi connectivity index (χ4n) is 3.69. The van der Waals surface area contributed by atoms with Crippen molar-refractivity contribution in [3.05, 3.63) is 84.4 Å². The van der Waals surface area contributed by atoms with Crippen LogP contribution in [0, 0.1) is 0 Å². The molecule has 1 atom stereocenters. The normalized spacial score (nSPS) is 16.0. The molecule has 1 aliphatic rings. The lowest BCUT2D eigenvalue weighted by Crippen LogP contribution is -2.44. The van der Waals surface area contributed by atoms with Gasteiger partial charge in [-0.2, -0.15) is 0 Å². The van der Waals surface area contributed by atoms with Crippen molar-refractivity contribution >= 4 is 41.5 Å². The molecule has 2 aromatic carbocycles. The zero-order chi connectivity index (χ0) is 21.5. The first kappa shape index (κ1) is 23.8. The highest BCUT2D eigenvalue weighted by Gasteiger charge is 2.31. The second-order valence-corrected chi connectivity index (χ2v) is 7.63. The summed E-state index contributed by atoms with van der Waals surface area (Å²) in [7, 11) is 0. The van der Waals surface area contributed by atoms with Crippen LogP contribution in [-0.4, -0.2) is 40.5 Å². The molecule has 0 aliphatic carbocycles. The van der Waals surface area contributed by atoms with Crippen molar-refractivity contribution in [2.45, 2.75) is 32.5 Å². The molecule has 0 bridgehead atoms. The Kier molecular flexibility index (Phi) is 8.66. The minimum Gasteiger partial charge on any atom is -0.357 e. The quantitative estimate of drug-likeness (QED) is 0.272. The molecule has 168 valence electrons.